The number of carbonyl (C=O) groups excluding carboxylic acids is 3. The molecule has 0 unspecified atom stereocenters. The topological polar surface area (TPSA) is 113 Å². The molecule has 7 heteroatoms. The molecule has 0 aliphatic heterocycles. The molecule has 0 aliphatic rings. The fourth-order valence-electron chi connectivity index (χ4n) is 2.28. The van der Waals surface area contributed by atoms with Crippen molar-refractivity contribution in [1.82, 2.24) is 10.6 Å². The second-order valence-corrected chi connectivity index (χ2v) is 8.11. The van der Waals surface area contributed by atoms with Crippen molar-refractivity contribution in [1.29, 1.82) is 0 Å². The van der Waals surface area contributed by atoms with Crippen molar-refractivity contribution in [3.63, 3.8) is 0 Å². The van der Waals surface area contributed by atoms with Crippen molar-refractivity contribution in [3.8, 4) is 0 Å². The zero-order valence-corrected chi connectivity index (χ0v) is 25.3. The molecule has 0 heterocycles. The predicted octanol–water partition coefficient (Wildman–Crippen LogP) is 6.51. The minimum Gasteiger partial charge on any atom is -0.481 e. The number of amides is 2. The number of carboxylic acids is 1. The molecule has 0 bridgehead atoms. The van der Waals surface area contributed by atoms with Crippen molar-refractivity contribution in [2.45, 2.75) is 114 Å². The third-order valence-corrected chi connectivity index (χ3v) is 4.55. The Morgan fingerprint density at radius 1 is 0.784 bits per heavy atom. The summed E-state index contributed by atoms with van der Waals surface area (Å²) in [7, 11) is 0. The first-order valence-electron chi connectivity index (χ1n) is 13.9. The molecule has 1 aromatic rings. The number of aliphatic carboxylic acids is 1. The number of carboxylic acid groups (broad SMARTS) is 1. The summed E-state index contributed by atoms with van der Waals surface area (Å²) in [6.07, 6.45) is 6.25. The van der Waals surface area contributed by atoms with Crippen LogP contribution in [0.3, 0.4) is 0 Å². The minimum absolute atomic E-state index is 0.0137. The van der Waals surface area contributed by atoms with Crippen LogP contribution in [0.5, 0.6) is 0 Å². The Labute approximate surface area is 227 Å². The molecule has 0 fully saturated rings. The maximum Gasteiger partial charge on any atom is 0.303 e. The highest BCUT2D eigenvalue weighted by molar-refractivity contribution is 5.89. The van der Waals surface area contributed by atoms with E-state index in [-0.39, 0.29) is 43.0 Å². The van der Waals surface area contributed by atoms with E-state index in [4.69, 9.17) is 5.11 Å². The summed E-state index contributed by atoms with van der Waals surface area (Å²) < 4.78 is 0. The molecule has 0 aliphatic carbocycles. The minimum atomic E-state index is -0.745. The van der Waals surface area contributed by atoms with Crippen molar-refractivity contribution in [2.75, 3.05) is 13.1 Å². The lowest BCUT2D eigenvalue weighted by Gasteiger charge is -2.08. The van der Waals surface area contributed by atoms with Gasteiger partial charge in [-0.2, -0.15) is 0 Å². The normalized spacial score (nSPS) is 8.95. The highest BCUT2D eigenvalue weighted by atomic mass is 16.4. The Balaban J connectivity index is -0.000000322. The van der Waals surface area contributed by atoms with Crippen LogP contribution >= 0.6 is 0 Å². The number of Topliss-reactive ketones (excluding diaryl/α,β-unsaturated/α-hetero) is 1. The number of carbonyl (C=O) groups is 4. The summed E-state index contributed by atoms with van der Waals surface area (Å²) in [5.74, 6) is -1.37. The SMILES string of the molecule is CC.CC.CCC(=O)O.CCCCC.Cc1ccc(CCCC(=O)NCC(=O)NCC(=O)C(C)C)cc1. The second-order valence-electron chi connectivity index (χ2n) is 8.11. The van der Waals surface area contributed by atoms with Crippen LogP contribution in [0.15, 0.2) is 24.3 Å². The number of ketones is 1. The van der Waals surface area contributed by atoms with E-state index in [2.05, 4.69) is 48.7 Å². The molecule has 0 radical (unpaired) electrons. The highest BCUT2D eigenvalue weighted by Gasteiger charge is 2.10. The van der Waals surface area contributed by atoms with Crippen LogP contribution in [-0.2, 0) is 25.6 Å². The lowest BCUT2D eigenvalue weighted by molar-refractivity contribution is -0.136. The summed E-state index contributed by atoms with van der Waals surface area (Å²) >= 11 is 0. The molecule has 0 spiro atoms. The highest BCUT2D eigenvalue weighted by Crippen LogP contribution is 2.07. The Morgan fingerprint density at radius 3 is 1.62 bits per heavy atom. The lowest BCUT2D eigenvalue weighted by atomic mass is 10.1. The maximum absolute atomic E-state index is 11.7. The van der Waals surface area contributed by atoms with E-state index in [1.54, 1.807) is 20.8 Å². The number of rotatable bonds is 12. The van der Waals surface area contributed by atoms with E-state index < -0.39 is 5.97 Å². The summed E-state index contributed by atoms with van der Waals surface area (Å²) in [5, 5.41) is 12.8. The van der Waals surface area contributed by atoms with Gasteiger partial charge >= 0.3 is 5.97 Å². The zero-order chi connectivity index (χ0) is 29.6. The summed E-state index contributed by atoms with van der Waals surface area (Å²) in [6.45, 7) is 19.6. The van der Waals surface area contributed by atoms with Crippen LogP contribution in [0.25, 0.3) is 0 Å². The van der Waals surface area contributed by atoms with Crippen molar-refractivity contribution in [2.24, 2.45) is 5.92 Å². The van der Waals surface area contributed by atoms with Gasteiger partial charge in [-0.25, -0.2) is 0 Å². The Hall–Kier alpha value is -2.70. The quantitative estimate of drug-likeness (QED) is 0.289. The summed E-state index contributed by atoms with van der Waals surface area (Å²) in [4.78, 5) is 44.0. The second kappa shape index (κ2) is 31.3. The maximum atomic E-state index is 11.7. The van der Waals surface area contributed by atoms with Gasteiger partial charge in [-0.1, -0.05) is 111 Å². The van der Waals surface area contributed by atoms with Gasteiger partial charge in [-0.05, 0) is 25.3 Å². The van der Waals surface area contributed by atoms with Crippen LogP contribution in [0.2, 0.25) is 0 Å². The summed E-state index contributed by atoms with van der Waals surface area (Å²) in [6, 6.07) is 8.23. The number of aryl methyl sites for hydroxylation is 2. The van der Waals surface area contributed by atoms with E-state index in [9.17, 15) is 19.2 Å². The smallest absolute Gasteiger partial charge is 0.303 e. The zero-order valence-electron chi connectivity index (χ0n) is 25.3. The van der Waals surface area contributed by atoms with Gasteiger partial charge in [0, 0.05) is 18.8 Å². The predicted molar refractivity (Wildman–Crippen MR) is 156 cm³/mol. The van der Waals surface area contributed by atoms with E-state index >= 15 is 0 Å². The van der Waals surface area contributed by atoms with Crippen LogP contribution in [-0.4, -0.2) is 41.8 Å². The van der Waals surface area contributed by atoms with Crippen molar-refractivity contribution >= 4 is 23.6 Å². The fraction of sp³-hybridized carbons (Fsp3) is 0.667. The molecule has 0 aromatic heterocycles. The number of hydrogen-bond donors (Lipinski definition) is 3. The molecular formula is C30H56N2O5. The third-order valence-electron chi connectivity index (χ3n) is 4.55. The molecule has 3 N–H and O–H groups in total. The summed E-state index contributed by atoms with van der Waals surface area (Å²) in [5.41, 5.74) is 2.42. The Morgan fingerprint density at radius 2 is 1.24 bits per heavy atom. The molecule has 216 valence electrons. The fourth-order valence-corrected chi connectivity index (χ4v) is 2.28. The van der Waals surface area contributed by atoms with Crippen molar-refractivity contribution in [3.05, 3.63) is 35.4 Å². The lowest BCUT2D eigenvalue weighted by Crippen LogP contribution is -2.39. The van der Waals surface area contributed by atoms with Gasteiger partial charge in [-0.3, -0.25) is 19.2 Å². The first-order valence-corrected chi connectivity index (χ1v) is 13.9. The first-order chi connectivity index (χ1) is 17.6. The Bertz CT molecular complexity index is 684. The number of hydrogen-bond acceptors (Lipinski definition) is 4. The number of nitrogens with one attached hydrogen (secondary N) is 2. The molecule has 1 aromatic carbocycles. The monoisotopic (exact) mass is 524 g/mol. The van der Waals surface area contributed by atoms with Gasteiger partial charge in [-0.15, -0.1) is 0 Å². The average molecular weight is 525 g/mol. The van der Waals surface area contributed by atoms with E-state index in [0.717, 1.165) is 12.8 Å². The van der Waals surface area contributed by atoms with E-state index in [1.165, 1.54) is 30.4 Å². The standard InChI is InChI=1S/C18H26N2O3.C5H12.C3H6O2.2C2H6/c1-13(2)16(21)11-19-18(23)12-20-17(22)6-4-5-15-9-7-14(3)8-10-15;1-3-5-4-2;1-2-3(4)5;2*1-2/h7-10,13H,4-6,11-12H2,1-3H3,(H,19,23)(H,20,22);3-5H2,1-2H3;2H2,1H3,(H,4,5);2*1-2H3. The molecule has 0 atom stereocenters. The van der Waals surface area contributed by atoms with Crippen molar-refractivity contribution < 1.29 is 24.3 Å². The molecule has 37 heavy (non-hydrogen) atoms. The van der Waals surface area contributed by atoms with E-state index in [0.29, 0.717) is 6.42 Å². The largest absolute Gasteiger partial charge is 0.481 e. The van der Waals surface area contributed by atoms with Gasteiger partial charge in [0.2, 0.25) is 11.8 Å². The molecule has 0 saturated carbocycles. The Kier molecular flexibility index (Phi) is 35.1. The van der Waals surface area contributed by atoms with Gasteiger partial charge < -0.3 is 15.7 Å². The van der Waals surface area contributed by atoms with Crippen LogP contribution in [0, 0.1) is 12.8 Å². The molecule has 0 saturated heterocycles. The van der Waals surface area contributed by atoms with Crippen LogP contribution in [0.1, 0.15) is 112 Å². The van der Waals surface area contributed by atoms with Gasteiger partial charge in [0.1, 0.15) is 0 Å². The average Bonchev–Trinajstić information content (AvgIpc) is 2.90. The number of benzene rings is 1. The number of unbranched alkanes of at least 4 members (excludes halogenated alkanes) is 2. The third kappa shape index (κ3) is 33.3. The molecule has 7 nitrogen and oxygen atoms in total. The van der Waals surface area contributed by atoms with Gasteiger partial charge in [0.15, 0.2) is 5.78 Å². The molecule has 2 amide bonds. The van der Waals surface area contributed by atoms with E-state index in [1.807, 2.05) is 34.6 Å². The molecule has 1 rings (SSSR count). The van der Waals surface area contributed by atoms with Crippen LogP contribution < -0.4 is 10.6 Å². The molecular weight excluding hydrogens is 468 g/mol. The first kappa shape index (κ1) is 41.4. The van der Waals surface area contributed by atoms with Gasteiger partial charge in [0.25, 0.3) is 0 Å². The van der Waals surface area contributed by atoms with Crippen LogP contribution in [0.4, 0.5) is 0 Å². The van der Waals surface area contributed by atoms with Gasteiger partial charge in [0.05, 0.1) is 13.1 Å².